The Morgan fingerprint density at radius 3 is 2.00 bits per heavy atom. The van der Waals surface area contributed by atoms with Gasteiger partial charge < -0.3 is 4.74 Å². The van der Waals surface area contributed by atoms with E-state index < -0.39 is 6.36 Å². The van der Waals surface area contributed by atoms with Gasteiger partial charge in [0, 0.05) is 5.56 Å². The number of ether oxygens (including phenoxy) is 1. The highest BCUT2D eigenvalue weighted by molar-refractivity contribution is 5.77. The molecule has 0 heterocycles. The van der Waals surface area contributed by atoms with Crippen molar-refractivity contribution in [2.24, 2.45) is 0 Å². The van der Waals surface area contributed by atoms with Crippen molar-refractivity contribution in [2.75, 3.05) is 0 Å². The number of rotatable bonds is 11. The Hall–Kier alpha value is -1.71. The number of halogens is 3. The lowest BCUT2D eigenvalue weighted by Crippen LogP contribution is -2.18. The molecule has 1 nitrogen and oxygen atoms in total. The zero-order valence-electron chi connectivity index (χ0n) is 18.1. The minimum atomic E-state index is -4.72. The van der Waals surface area contributed by atoms with Crippen LogP contribution in [0.15, 0.2) is 24.3 Å². The van der Waals surface area contributed by atoms with E-state index >= 15 is 0 Å². The number of aryl methyl sites for hydroxylation is 1. The highest BCUT2D eigenvalue weighted by atomic mass is 19.4. The van der Waals surface area contributed by atoms with Crippen molar-refractivity contribution in [3.63, 3.8) is 0 Å². The van der Waals surface area contributed by atoms with E-state index in [1.54, 1.807) is 6.07 Å². The number of hydrogen-bond donors (Lipinski definition) is 0. The Morgan fingerprint density at radius 1 is 0.929 bits per heavy atom. The average molecular weight is 397 g/mol. The van der Waals surface area contributed by atoms with Gasteiger partial charge in [-0.1, -0.05) is 59.1 Å². The third-order valence-electron chi connectivity index (χ3n) is 4.97. The first kappa shape index (κ1) is 24.3. The van der Waals surface area contributed by atoms with Crippen LogP contribution in [0.5, 0.6) is 5.75 Å². The molecule has 0 fully saturated rings. The molecule has 0 aliphatic rings. The van der Waals surface area contributed by atoms with Gasteiger partial charge in [0.05, 0.1) is 0 Å². The Morgan fingerprint density at radius 2 is 1.54 bits per heavy atom. The quantitative estimate of drug-likeness (QED) is 0.363. The zero-order valence-corrected chi connectivity index (χ0v) is 18.1. The van der Waals surface area contributed by atoms with Gasteiger partial charge in [0.1, 0.15) is 5.75 Å². The maximum atomic E-state index is 13.1. The molecule has 1 rings (SSSR count). The van der Waals surface area contributed by atoms with Crippen LogP contribution < -0.4 is 4.74 Å². The van der Waals surface area contributed by atoms with Crippen molar-refractivity contribution in [3.8, 4) is 5.75 Å². The van der Waals surface area contributed by atoms with Crippen LogP contribution in [-0.4, -0.2) is 6.36 Å². The second kappa shape index (κ2) is 11.3. The van der Waals surface area contributed by atoms with Gasteiger partial charge in [-0.25, -0.2) is 0 Å². The lowest BCUT2D eigenvalue weighted by molar-refractivity contribution is -0.274. The molecule has 1 aromatic rings. The Kier molecular flexibility index (Phi) is 9.84. The van der Waals surface area contributed by atoms with Crippen LogP contribution in [0.2, 0.25) is 0 Å². The van der Waals surface area contributed by atoms with Gasteiger partial charge in [0.15, 0.2) is 0 Å². The number of hydrogen-bond acceptors (Lipinski definition) is 1. The number of unbranched alkanes of at least 4 members (excludes halogenated alkanes) is 1. The van der Waals surface area contributed by atoms with Gasteiger partial charge in [-0.05, 0) is 73.4 Å². The minimum Gasteiger partial charge on any atom is -0.405 e. The van der Waals surface area contributed by atoms with E-state index in [0.717, 1.165) is 61.6 Å². The predicted octanol–water partition coefficient (Wildman–Crippen LogP) is 8.86. The van der Waals surface area contributed by atoms with Crippen LogP contribution in [0, 0.1) is 6.92 Å². The van der Waals surface area contributed by atoms with Crippen molar-refractivity contribution in [3.05, 3.63) is 41.0 Å². The third kappa shape index (κ3) is 7.03. The molecule has 0 unspecified atom stereocenters. The van der Waals surface area contributed by atoms with Crippen LogP contribution in [0.25, 0.3) is 11.1 Å². The molecule has 4 heteroatoms. The molecule has 0 amide bonds. The number of alkyl halides is 3. The molecule has 158 valence electrons. The molecule has 0 radical (unpaired) electrons. The summed E-state index contributed by atoms with van der Waals surface area (Å²) in [6.07, 6.45) is 2.57. The second-order valence-corrected chi connectivity index (χ2v) is 7.35. The van der Waals surface area contributed by atoms with E-state index in [1.165, 1.54) is 5.57 Å². The topological polar surface area (TPSA) is 9.23 Å². The molecule has 28 heavy (non-hydrogen) atoms. The predicted molar refractivity (Wildman–Crippen MR) is 113 cm³/mol. The second-order valence-electron chi connectivity index (χ2n) is 7.35. The van der Waals surface area contributed by atoms with E-state index in [9.17, 15) is 13.2 Å². The van der Waals surface area contributed by atoms with Gasteiger partial charge in [-0.3, -0.25) is 0 Å². The third-order valence-corrected chi connectivity index (χ3v) is 4.97. The van der Waals surface area contributed by atoms with Gasteiger partial charge in [-0.2, -0.15) is 0 Å². The molecule has 0 aliphatic heterocycles. The molecule has 0 spiro atoms. The fraction of sp³-hybridized carbons (Fsp3) is 0.583. The van der Waals surface area contributed by atoms with Crippen molar-refractivity contribution >= 4 is 11.1 Å². The fourth-order valence-electron chi connectivity index (χ4n) is 3.68. The molecule has 0 saturated heterocycles. The van der Waals surface area contributed by atoms with Crippen LogP contribution in [0.1, 0.15) is 95.8 Å². The molecule has 0 aliphatic carbocycles. The van der Waals surface area contributed by atoms with Crippen LogP contribution in [0.3, 0.4) is 0 Å². The average Bonchev–Trinajstić information content (AvgIpc) is 2.61. The standard InChI is InChI=1S/C24H35F3O/c1-7-11-14-17(5)22-15-18(6)21(16-23(22)28-24(25,26)27)20(10-4)19(12-8-2)13-9-3/h15-16H,5,7-14H2,1-4,6H3. The smallest absolute Gasteiger partial charge is 0.405 e. The molecule has 0 bridgehead atoms. The van der Waals surface area contributed by atoms with Gasteiger partial charge in [0.2, 0.25) is 0 Å². The fourth-order valence-corrected chi connectivity index (χ4v) is 3.68. The highest BCUT2D eigenvalue weighted by Gasteiger charge is 2.33. The van der Waals surface area contributed by atoms with Gasteiger partial charge in [0.25, 0.3) is 0 Å². The molecule has 0 saturated carbocycles. The number of benzene rings is 1. The summed E-state index contributed by atoms with van der Waals surface area (Å²) in [4.78, 5) is 0. The first-order valence-corrected chi connectivity index (χ1v) is 10.5. The lowest BCUT2D eigenvalue weighted by atomic mass is 9.87. The van der Waals surface area contributed by atoms with Gasteiger partial charge >= 0.3 is 6.36 Å². The van der Waals surface area contributed by atoms with Gasteiger partial charge in [-0.15, -0.1) is 13.2 Å². The molecular weight excluding hydrogens is 361 g/mol. The SMILES string of the molecule is C=C(CCCC)c1cc(C)c(C(CC)=C(CCC)CCC)cc1OC(F)(F)F. The summed E-state index contributed by atoms with van der Waals surface area (Å²) in [5.41, 5.74) is 5.50. The molecule has 1 aromatic carbocycles. The Bertz CT molecular complexity index is 676. The van der Waals surface area contributed by atoms with Crippen molar-refractivity contribution < 1.29 is 17.9 Å². The van der Waals surface area contributed by atoms with E-state index in [-0.39, 0.29) is 5.75 Å². The van der Waals surface area contributed by atoms with Crippen LogP contribution >= 0.6 is 0 Å². The van der Waals surface area contributed by atoms with E-state index in [2.05, 4.69) is 39.0 Å². The molecule has 0 atom stereocenters. The van der Waals surface area contributed by atoms with E-state index in [4.69, 9.17) is 0 Å². The molecular formula is C24H35F3O. The largest absolute Gasteiger partial charge is 0.573 e. The normalized spacial score (nSPS) is 11.4. The van der Waals surface area contributed by atoms with Crippen molar-refractivity contribution in [2.45, 2.75) is 92.3 Å². The summed E-state index contributed by atoms with van der Waals surface area (Å²) in [5, 5.41) is 0. The molecule has 0 N–H and O–H groups in total. The maximum Gasteiger partial charge on any atom is 0.573 e. The summed E-state index contributed by atoms with van der Waals surface area (Å²) >= 11 is 0. The zero-order chi connectivity index (χ0) is 21.3. The lowest BCUT2D eigenvalue weighted by Gasteiger charge is -2.21. The first-order chi connectivity index (χ1) is 13.2. The maximum absolute atomic E-state index is 13.1. The molecule has 0 aromatic heterocycles. The monoisotopic (exact) mass is 396 g/mol. The summed E-state index contributed by atoms with van der Waals surface area (Å²) in [7, 11) is 0. The van der Waals surface area contributed by atoms with Crippen molar-refractivity contribution in [1.82, 2.24) is 0 Å². The summed E-state index contributed by atoms with van der Waals surface area (Å²) in [6, 6.07) is 3.40. The summed E-state index contributed by atoms with van der Waals surface area (Å²) in [5.74, 6) is -0.132. The number of allylic oxidation sites excluding steroid dienone is 3. The Balaban J connectivity index is 3.57. The summed E-state index contributed by atoms with van der Waals surface area (Å²) in [6.45, 7) is 14.4. The van der Waals surface area contributed by atoms with E-state index in [1.807, 2.05) is 13.0 Å². The van der Waals surface area contributed by atoms with E-state index in [0.29, 0.717) is 17.6 Å². The minimum absolute atomic E-state index is 0.132. The first-order valence-electron chi connectivity index (χ1n) is 10.5. The van der Waals surface area contributed by atoms with Crippen molar-refractivity contribution in [1.29, 1.82) is 0 Å². The summed E-state index contributed by atoms with van der Waals surface area (Å²) < 4.78 is 43.7. The van der Waals surface area contributed by atoms with Crippen LogP contribution in [-0.2, 0) is 0 Å². The Labute approximate surface area is 168 Å². The van der Waals surface area contributed by atoms with Crippen LogP contribution in [0.4, 0.5) is 13.2 Å². The highest BCUT2D eigenvalue weighted by Crippen LogP contribution is 2.39.